The Bertz CT molecular complexity index is 518. The van der Waals surface area contributed by atoms with Crippen molar-refractivity contribution in [3.8, 4) is 0 Å². The van der Waals surface area contributed by atoms with Gasteiger partial charge in [0.2, 0.25) is 5.91 Å². The minimum Gasteiger partial charge on any atom is -0.396 e. The largest absolute Gasteiger partial charge is 0.396 e. The molecule has 0 bridgehead atoms. The molecule has 2 aliphatic rings. The second-order valence-corrected chi connectivity index (χ2v) is 5.53. The van der Waals surface area contributed by atoms with Crippen LogP contribution in [0.2, 0.25) is 0 Å². The smallest absolute Gasteiger partial charge is 0.246 e. The van der Waals surface area contributed by atoms with E-state index >= 15 is 0 Å². The van der Waals surface area contributed by atoms with Crippen molar-refractivity contribution >= 4 is 17.3 Å². The molecular formula is C15H21N3O2. The van der Waals surface area contributed by atoms with E-state index in [1.807, 2.05) is 19.1 Å². The van der Waals surface area contributed by atoms with Gasteiger partial charge in [-0.15, -0.1) is 0 Å². The van der Waals surface area contributed by atoms with Gasteiger partial charge in [-0.1, -0.05) is 13.0 Å². The minimum atomic E-state index is -0.229. The van der Waals surface area contributed by atoms with Gasteiger partial charge in [-0.05, 0) is 25.1 Å². The topological polar surface area (TPSA) is 64.6 Å². The van der Waals surface area contributed by atoms with Crippen molar-refractivity contribution in [2.24, 2.45) is 5.92 Å². The molecule has 1 saturated heterocycles. The van der Waals surface area contributed by atoms with Gasteiger partial charge in [0.25, 0.3) is 0 Å². The molecule has 1 aromatic rings. The number of amides is 1. The third-order valence-corrected chi connectivity index (χ3v) is 4.19. The summed E-state index contributed by atoms with van der Waals surface area (Å²) in [5, 5.41) is 15.4. The molecule has 2 atom stereocenters. The first-order chi connectivity index (χ1) is 9.72. The molecule has 2 aliphatic heterocycles. The Kier molecular flexibility index (Phi) is 3.63. The summed E-state index contributed by atoms with van der Waals surface area (Å²) >= 11 is 0. The zero-order chi connectivity index (χ0) is 14.1. The van der Waals surface area contributed by atoms with E-state index in [0.29, 0.717) is 5.92 Å². The van der Waals surface area contributed by atoms with Gasteiger partial charge >= 0.3 is 0 Å². The molecule has 1 amide bonds. The summed E-state index contributed by atoms with van der Waals surface area (Å²) in [5.74, 6) is 0.390. The fraction of sp³-hybridized carbons (Fsp3) is 0.533. The van der Waals surface area contributed by atoms with Gasteiger partial charge < -0.3 is 20.6 Å². The average molecular weight is 275 g/mol. The number of fused-ring (bicyclic) bond motifs is 1. The SMILES string of the molecule is CCNC1C(=O)Nc2cc(N3CCC(CO)C3)ccc21. The van der Waals surface area contributed by atoms with Crippen LogP contribution < -0.4 is 15.5 Å². The van der Waals surface area contributed by atoms with Gasteiger partial charge in [-0.3, -0.25) is 4.79 Å². The number of anilines is 2. The number of carbonyl (C=O) groups excluding carboxylic acids is 1. The van der Waals surface area contributed by atoms with E-state index in [9.17, 15) is 9.90 Å². The number of rotatable bonds is 4. The van der Waals surface area contributed by atoms with Crippen LogP contribution in [-0.4, -0.2) is 37.3 Å². The summed E-state index contributed by atoms with van der Waals surface area (Å²) in [5.41, 5.74) is 3.06. The molecule has 20 heavy (non-hydrogen) atoms. The Morgan fingerprint density at radius 2 is 2.35 bits per heavy atom. The van der Waals surface area contributed by atoms with E-state index in [2.05, 4.69) is 21.6 Å². The molecule has 0 radical (unpaired) electrons. The molecule has 5 nitrogen and oxygen atoms in total. The molecule has 2 unspecified atom stereocenters. The van der Waals surface area contributed by atoms with E-state index < -0.39 is 0 Å². The highest BCUT2D eigenvalue weighted by Gasteiger charge is 2.30. The first kappa shape index (κ1) is 13.4. The number of aliphatic hydroxyl groups excluding tert-OH is 1. The van der Waals surface area contributed by atoms with Crippen molar-refractivity contribution < 1.29 is 9.90 Å². The molecule has 5 heteroatoms. The van der Waals surface area contributed by atoms with Crippen molar-refractivity contribution in [1.29, 1.82) is 0 Å². The Morgan fingerprint density at radius 3 is 3.05 bits per heavy atom. The Hall–Kier alpha value is -1.59. The van der Waals surface area contributed by atoms with Gasteiger partial charge in [-0.2, -0.15) is 0 Å². The maximum atomic E-state index is 11.9. The van der Waals surface area contributed by atoms with Gasteiger partial charge in [0.1, 0.15) is 6.04 Å². The molecular weight excluding hydrogens is 254 g/mol. The highest BCUT2D eigenvalue weighted by molar-refractivity contribution is 6.03. The summed E-state index contributed by atoms with van der Waals surface area (Å²) in [7, 11) is 0. The van der Waals surface area contributed by atoms with Gasteiger partial charge in [-0.25, -0.2) is 0 Å². The fourth-order valence-electron chi connectivity index (χ4n) is 3.07. The average Bonchev–Trinajstić information content (AvgIpc) is 3.04. The van der Waals surface area contributed by atoms with Crippen molar-refractivity contribution in [2.75, 3.05) is 36.5 Å². The molecule has 2 heterocycles. The molecule has 0 aromatic heterocycles. The van der Waals surface area contributed by atoms with Crippen LogP contribution >= 0.6 is 0 Å². The molecule has 1 aromatic carbocycles. The lowest BCUT2D eigenvalue weighted by Crippen LogP contribution is -2.27. The van der Waals surface area contributed by atoms with E-state index in [1.54, 1.807) is 0 Å². The number of carbonyl (C=O) groups is 1. The number of hydrogen-bond acceptors (Lipinski definition) is 4. The summed E-state index contributed by atoms with van der Waals surface area (Å²) < 4.78 is 0. The van der Waals surface area contributed by atoms with Crippen LogP contribution in [0.1, 0.15) is 24.9 Å². The Labute approximate surface area is 119 Å². The van der Waals surface area contributed by atoms with E-state index in [1.165, 1.54) is 0 Å². The molecule has 0 saturated carbocycles. The van der Waals surface area contributed by atoms with E-state index in [4.69, 9.17) is 0 Å². The number of hydrogen-bond donors (Lipinski definition) is 3. The maximum Gasteiger partial charge on any atom is 0.246 e. The lowest BCUT2D eigenvalue weighted by Gasteiger charge is -2.19. The van der Waals surface area contributed by atoms with Crippen LogP contribution in [0.4, 0.5) is 11.4 Å². The van der Waals surface area contributed by atoms with Crippen molar-refractivity contribution in [3.63, 3.8) is 0 Å². The quantitative estimate of drug-likeness (QED) is 0.770. The molecule has 108 valence electrons. The van der Waals surface area contributed by atoms with E-state index in [0.717, 1.165) is 43.0 Å². The molecule has 1 fully saturated rings. The molecule has 3 rings (SSSR count). The summed E-state index contributed by atoms with van der Waals surface area (Å²) in [6.07, 6.45) is 1.03. The normalized spacial score (nSPS) is 24.9. The van der Waals surface area contributed by atoms with Crippen molar-refractivity contribution in [2.45, 2.75) is 19.4 Å². The highest BCUT2D eigenvalue weighted by atomic mass is 16.3. The van der Waals surface area contributed by atoms with Crippen LogP contribution in [0.5, 0.6) is 0 Å². The van der Waals surface area contributed by atoms with Crippen molar-refractivity contribution in [1.82, 2.24) is 5.32 Å². The lowest BCUT2D eigenvalue weighted by molar-refractivity contribution is -0.117. The van der Waals surface area contributed by atoms with Crippen LogP contribution in [0.3, 0.4) is 0 Å². The maximum absolute atomic E-state index is 11.9. The number of nitrogens with zero attached hydrogens (tertiary/aromatic N) is 1. The molecule has 0 aliphatic carbocycles. The number of benzene rings is 1. The summed E-state index contributed by atoms with van der Waals surface area (Å²) in [4.78, 5) is 14.2. The Balaban J connectivity index is 1.81. The lowest BCUT2D eigenvalue weighted by atomic mass is 10.1. The standard InChI is InChI=1S/C15H21N3O2/c1-2-16-14-12-4-3-11(7-13(12)17-15(14)20)18-6-5-10(8-18)9-19/h3-4,7,10,14,16,19H,2,5-6,8-9H2,1H3,(H,17,20). The third kappa shape index (κ3) is 2.27. The molecule has 0 spiro atoms. The second kappa shape index (κ2) is 5.42. The third-order valence-electron chi connectivity index (χ3n) is 4.19. The second-order valence-electron chi connectivity index (χ2n) is 5.53. The number of aliphatic hydroxyl groups is 1. The predicted molar refractivity (Wildman–Crippen MR) is 78.9 cm³/mol. The fourth-order valence-corrected chi connectivity index (χ4v) is 3.07. The number of nitrogens with one attached hydrogen (secondary N) is 2. The van der Waals surface area contributed by atoms with Gasteiger partial charge in [0.15, 0.2) is 0 Å². The van der Waals surface area contributed by atoms with Crippen LogP contribution in [0, 0.1) is 5.92 Å². The van der Waals surface area contributed by atoms with Crippen LogP contribution in [0.25, 0.3) is 0 Å². The Morgan fingerprint density at radius 1 is 1.50 bits per heavy atom. The van der Waals surface area contributed by atoms with Gasteiger partial charge in [0.05, 0.1) is 0 Å². The number of likely N-dealkylation sites (N-methyl/N-ethyl adjacent to an activating group) is 1. The van der Waals surface area contributed by atoms with Gasteiger partial charge in [0, 0.05) is 42.6 Å². The first-order valence-electron chi connectivity index (χ1n) is 7.27. The zero-order valence-corrected chi connectivity index (χ0v) is 11.7. The summed E-state index contributed by atoms with van der Waals surface area (Å²) in [6.45, 7) is 4.87. The van der Waals surface area contributed by atoms with Crippen LogP contribution in [-0.2, 0) is 4.79 Å². The first-order valence-corrected chi connectivity index (χ1v) is 7.27. The zero-order valence-electron chi connectivity index (χ0n) is 11.7. The van der Waals surface area contributed by atoms with Crippen molar-refractivity contribution in [3.05, 3.63) is 23.8 Å². The summed E-state index contributed by atoms with van der Waals surface area (Å²) in [6, 6.07) is 5.92. The minimum absolute atomic E-state index is 0.0219. The van der Waals surface area contributed by atoms with Crippen LogP contribution in [0.15, 0.2) is 18.2 Å². The highest BCUT2D eigenvalue weighted by Crippen LogP contribution is 2.35. The molecule has 3 N–H and O–H groups in total. The monoisotopic (exact) mass is 275 g/mol. The van der Waals surface area contributed by atoms with E-state index in [-0.39, 0.29) is 18.6 Å². The predicted octanol–water partition coefficient (Wildman–Crippen LogP) is 1.11.